The van der Waals surface area contributed by atoms with Gasteiger partial charge >= 0.3 is 12.4 Å². The number of nitriles is 4. The first-order chi connectivity index (χ1) is 23.9. The molecule has 0 saturated carbocycles. The van der Waals surface area contributed by atoms with E-state index in [2.05, 4.69) is 9.97 Å². The first-order valence-corrected chi connectivity index (χ1v) is 14.5. The Morgan fingerprint density at radius 3 is 1.06 bits per heavy atom. The fraction of sp³-hybridized carbons (Fsp3) is 0.0526. The second-order valence-corrected chi connectivity index (χ2v) is 11.3. The van der Waals surface area contributed by atoms with Crippen LogP contribution >= 0.6 is 0 Å². The predicted octanol–water partition coefficient (Wildman–Crippen LogP) is 9.51. The van der Waals surface area contributed by atoms with Crippen molar-refractivity contribution in [1.82, 2.24) is 9.97 Å². The molecule has 0 unspecified atom stereocenters. The first kappa shape index (κ1) is 31.6. The van der Waals surface area contributed by atoms with Crippen LogP contribution in [0.5, 0.6) is 0 Å². The summed E-state index contributed by atoms with van der Waals surface area (Å²) >= 11 is 0. The van der Waals surface area contributed by atoms with E-state index in [-0.39, 0.29) is 11.1 Å². The van der Waals surface area contributed by atoms with E-state index < -0.39 is 23.7 Å². The Morgan fingerprint density at radius 2 is 0.760 bits per heavy atom. The second-order valence-electron chi connectivity index (χ2n) is 11.3. The highest BCUT2D eigenvalue weighted by molar-refractivity contribution is 6.11. The van der Waals surface area contributed by atoms with E-state index in [0.29, 0.717) is 77.9 Å². The molecular weight excluding hydrogens is 654 g/mol. The molecule has 0 amide bonds. The largest absolute Gasteiger partial charge is 0.433 e. The lowest BCUT2D eigenvalue weighted by molar-refractivity contribution is -0.141. The summed E-state index contributed by atoms with van der Waals surface area (Å²) in [5.41, 5.74) is 4.18. The van der Waals surface area contributed by atoms with Crippen LogP contribution in [0.25, 0.3) is 55.7 Å². The van der Waals surface area contributed by atoms with Crippen LogP contribution in [-0.2, 0) is 12.4 Å². The third-order valence-corrected chi connectivity index (χ3v) is 8.58. The van der Waals surface area contributed by atoms with Crippen molar-refractivity contribution in [3.8, 4) is 68.8 Å². The first-order valence-electron chi connectivity index (χ1n) is 14.5. The van der Waals surface area contributed by atoms with Gasteiger partial charge in [-0.3, -0.25) is 9.97 Å². The minimum absolute atomic E-state index is 0.207. The van der Waals surface area contributed by atoms with E-state index in [0.717, 1.165) is 24.5 Å². The zero-order valence-corrected chi connectivity index (χ0v) is 25.0. The predicted molar refractivity (Wildman–Crippen MR) is 168 cm³/mol. The molecule has 0 radical (unpaired) electrons. The number of rotatable bonds is 2. The Morgan fingerprint density at radius 1 is 0.420 bits per heavy atom. The molecule has 2 aromatic heterocycles. The average Bonchev–Trinajstić information content (AvgIpc) is 3.59. The SMILES string of the molecule is N#CC(C#N)=C1c2cc(-c3ccc(C(F)(F)F)nc3)ccc2-c2cc3c(cc21)-c1ccc(-c2ccc(C(F)(F)F)nc2)cc1C3=C(C#N)C#N. The summed E-state index contributed by atoms with van der Waals surface area (Å²) in [6.07, 6.45) is -7.05. The van der Waals surface area contributed by atoms with Crippen LogP contribution in [0.2, 0.25) is 0 Å². The number of alkyl halides is 6. The maximum absolute atomic E-state index is 13.1. The summed E-state index contributed by atoms with van der Waals surface area (Å²) in [5.74, 6) is 0. The summed E-state index contributed by atoms with van der Waals surface area (Å²) in [7, 11) is 0. The number of allylic oxidation sites excluding steroid dienone is 2. The Bertz CT molecular complexity index is 2320. The second kappa shape index (κ2) is 11.3. The van der Waals surface area contributed by atoms with Gasteiger partial charge in [0.2, 0.25) is 0 Å². The molecule has 0 spiro atoms. The highest BCUT2D eigenvalue weighted by Crippen LogP contribution is 2.54. The van der Waals surface area contributed by atoms with Crippen LogP contribution in [0, 0.1) is 45.3 Å². The van der Waals surface area contributed by atoms with Gasteiger partial charge in [0.25, 0.3) is 0 Å². The standard InChI is InChI=1S/C38H14F6N6/c39-37(40,41)33-7-3-21(17-49-33)19-1-5-25-27-11-32-28(12-31(27)35(29(25)9-19)23(13-45)14-46)26-6-2-20(10-30(26)36(32)24(15-47)16-48)22-4-8-34(50-18-22)38(42,43)44/h1-12,17-18H. The molecule has 0 N–H and O–H groups in total. The monoisotopic (exact) mass is 668 g/mol. The van der Waals surface area contributed by atoms with Gasteiger partial charge in [0.1, 0.15) is 46.8 Å². The molecule has 12 heteroatoms. The van der Waals surface area contributed by atoms with Gasteiger partial charge in [-0.05, 0) is 92.0 Å². The number of halogens is 6. The molecular formula is C38H14F6N6. The van der Waals surface area contributed by atoms with Crippen molar-refractivity contribution in [2.24, 2.45) is 0 Å². The van der Waals surface area contributed by atoms with E-state index in [1.165, 1.54) is 12.1 Å². The number of nitrogens with zero attached hydrogens (tertiary/aromatic N) is 6. The molecule has 0 bridgehead atoms. The summed E-state index contributed by atoms with van der Waals surface area (Å²) < 4.78 is 78.8. The van der Waals surface area contributed by atoms with Gasteiger partial charge in [-0.15, -0.1) is 0 Å². The Balaban J connectivity index is 1.41. The van der Waals surface area contributed by atoms with Crippen molar-refractivity contribution >= 4 is 11.1 Å². The fourth-order valence-corrected chi connectivity index (χ4v) is 6.36. The van der Waals surface area contributed by atoms with Crippen LogP contribution in [0.3, 0.4) is 0 Å². The molecule has 2 heterocycles. The number of hydrogen-bond acceptors (Lipinski definition) is 6. The molecule has 238 valence electrons. The Labute approximate surface area is 279 Å². The van der Waals surface area contributed by atoms with E-state index in [1.54, 1.807) is 48.5 Å². The van der Waals surface area contributed by atoms with Crippen LogP contribution in [0.1, 0.15) is 33.6 Å². The minimum Gasteiger partial charge on any atom is -0.251 e. The number of benzene rings is 3. The van der Waals surface area contributed by atoms with Crippen molar-refractivity contribution in [2.45, 2.75) is 12.4 Å². The van der Waals surface area contributed by atoms with Crippen LogP contribution in [0.4, 0.5) is 26.3 Å². The lowest BCUT2D eigenvalue weighted by atomic mass is 9.93. The van der Waals surface area contributed by atoms with Crippen LogP contribution in [0.15, 0.2) is 96.3 Å². The van der Waals surface area contributed by atoms with Crippen molar-refractivity contribution in [3.05, 3.63) is 130 Å². The van der Waals surface area contributed by atoms with Crippen molar-refractivity contribution < 1.29 is 26.3 Å². The molecule has 50 heavy (non-hydrogen) atoms. The van der Waals surface area contributed by atoms with Gasteiger partial charge in [0, 0.05) is 34.7 Å². The molecule has 7 rings (SSSR count). The number of aromatic nitrogens is 2. The van der Waals surface area contributed by atoms with Gasteiger partial charge in [0.05, 0.1) is 0 Å². The van der Waals surface area contributed by atoms with Gasteiger partial charge in [-0.1, -0.05) is 36.4 Å². The summed E-state index contributed by atoms with van der Waals surface area (Å²) in [5, 5.41) is 39.9. The smallest absolute Gasteiger partial charge is 0.251 e. The normalized spacial score (nSPS) is 12.4. The van der Waals surface area contributed by atoms with Gasteiger partial charge in [-0.2, -0.15) is 47.4 Å². The zero-order chi connectivity index (χ0) is 35.5. The molecule has 0 saturated heterocycles. The number of pyridine rings is 2. The average molecular weight is 669 g/mol. The molecule has 3 aromatic carbocycles. The van der Waals surface area contributed by atoms with Crippen molar-refractivity contribution in [3.63, 3.8) is 0 Å². The molecule has 0 aliphatic heterocycles. The van der Waals surface area contributed by atoms with Crippen LogP contribution < -0.4 is 0 Å². The van der Waals surface area contributed by atoms with Gasteiger partial charge in [-0.25, -0.2) is 0 Å². The van der Waals surface area contributed by atoms with E-state index in [9.17, 15) is 47.4 Å². The summed E-state index contributed by atoms with van der Waals surface area (Å²) in [4.78, 5) is 7.08. The van der Waals surface area contributed by atoms with E-state index >= 15 is 0 Å². The van der Waals surface area contributed by atoms with E-state index in [4.69, 9.17) is 0 Å². The fourth-order valence-electron chi connectivity index (χ4n) is 6.36. The third kappa shape index (κ3) is 4.95. The Kier molecular flexibility index (Phi) is 7.14. The van der Waals surface area contributed by atoms with Crippen molar-refractivity contribution in [1.29, 1.82) is 21.0 Å². The molecule has 6 nitrogen and oxygen atoms in total. The molecule has 0 atom stereocenters. The topological polar surface area (TPSA) is 121 Å². The molecule has 0 fully saturated rings. The lowest BCUT2D eigenvalue weighted by Gasteiger charge is -2.09. The highest BCUT2D eigenvalue weighted by Gasteiger charge is 2.35. The molecule has 2 aliphatic carbocycles. The number of hydrogen-bond donors (Lipinski definition) is 0. The zero-order valence-electron chi connectivity index (χ0n) is 25.0. The lowest BCUT2D eigenvalue weighted by Crippen LogP contribution is -2.07. The van der Waals surface area contributed by atoms with Gasteiger partial charge in [0.15, 0.2) is 0 Å². The third-order valence-electron chi connectivity index (χ3n) is 8.58. The van der Waals surface area contributed by atoms with Crippen LogP contribution in [-0.4, -0.2) is 9.97 Å². The number of fused-ring (bicyclic) bond motifs is 6. The quantitative estimate of drug-likeness (QED) is 0.134. The maximum Gasteiger partial charge on any atom is 0.433 e. The maximum atomic E-state index is 13.1. The van der Waals surface area contributed by atoms with Gasteiger partial charge < -0.3 is 0 Å². The van der Waals surface area contributed by atoms with Crippen molar-refractivity contribution in [2.75, 3.05) is 0 Å². The summed E-state index contributed by atoms with van der Waals surface area (Å²) in [6.45, 7) is 0. The highest BCUT2D eigenvalue weighted by atomic mass is 19.4. The summed E-state index contributed by atoms with van der Waals surface area (Å²) in [6, 6.07) is 25.7. The minimum atomic E-state index is -4.62. The Hall–Kier alpha value is -7.02. The molecule has 2 aliphatic rings. The van der Waals surface area contributed by atoms with E-state index in [1.807, 2.05) is 24.3 Å². The molecule has 5 aromatic rings.